The van der Waals surface area contributed by atoms with Crippen molar-refractivity contribution < 1.29 is 9.59 Å². The number of nitrogens with one attached hydrogen (secondary N) is 2. The number of aryl methyl sites for hydroxylation is 1. The smallest absolute Gasteiger partial charge is 0.251 e. The molecule has 0 spiro atoms. The van der Waals surface area contributed by atoms with E-state index in [-0.39, 0.29) is 23.8 Å². The molecule has 1 aromatic rings. The van der Waals surface area contributed by atoms with E-state index in [4.69, 9.17) is 0 Å². The number of hydrogen-bond donors (Lipinski definition) is 2. The highest BCUT2D eigenvalue weighted by atomic mass is 16.2. The van der Waals surface area contributed by atoms with Crippen LogP contribution in [0.15, 0.2) is 24.3 Å². The zero-order valence-electron chi connectivity index (χ0n) is 16.5. The maximum atomic E-state index is 12.7. The Labute approximate surface area is 157 Å². The summed E-state index contributed by atoms with van der Waals surface area (Å²) in [6.45, 7) is 11.3. The standard InChI is InChI=1S/C21H33N3O2/c1-5-12-24-13-10-18(11-14-24)22-21(26)19(15(2)3)23-20(25)17-8-6-16(4)7-9-17/h6-9,15,18-19H,5,10-14H2,1-4H3,(H,22,26)(H,23,25). The van der Waals surface area contributed by atoms with Crippen LogP contribution in [-0.4, -0.2) is 48.4 Å². The van der Waals surface area contributed by atoms with Crippen LogP contribution in [-0.2, 0) is 4.79 Å². The van der Waals surface area contributed by atoms with E-state index in [0.717, 1.165) is 44.5 Å². The van der Waals surface area contributed by atoms with Crippen LogP contribution < -0.4 is 10.6 Å². The minimum atomic E-state index is -0.516. The van der Waals surface area contributed by atoms with Crippen molar-refractivity contribution in [1.82, 2.24) is 15.5 Å². The average Bonchev–Trinajstić information content (AvgIpc) is 2.61. The third kappa shape index (κ3) is 5.84. The van der Waals surface area contributed by atoms with Gasteiger partial charge in [-0.25, -0.2) is 0 Å². The molecule has 0 aliphatic carbocycles. The number of rotatable bonds is 7. The van der Waals surface area contributed by atoms with Gasteiger partial charge in [0.1, 0.15) is 6.04 Å². The van der Waals surface area contributed by atoms with Gasteiger partial charge in [-0.05, 0) is 50.8 Å². The van der Waals surface area contributed by atoms with Gasteiger partial charge in [-0.2, -0.15) is 0 Å². The molecule has 1 unspecified atom stereocenters. The summed E-state index contributed by atoms with van der Waals surface area (Å²) in [6.07, 6.45) is 3.11. The Hall–Kier alpha value is -1.88. The summed E-state index contributed by atoms with van der Waals surface area (Å²) >= 11 is 0. The third-order valence-electron chi connectivity index (χ3n) is 5.02. The van der Waals surface area contributed by atoms with Crippen LogP contribution >= 0.6 is 0 Å². The molecule has 1 aromatic carbocycles. The molecular weight excluding hydrogens is 326 g/mol. The van der Waals surface area contributed by atoms with Gasteiger partial charge in [-0.3, -0.25) is 9.59 Å². The molecule has 0 radical (unpaired) electrons. The average molecular weight is 360 g/mol. The molecule has 1 aliphatic rings. The Morgan fingerprint density at radius 1 is 1.15 bits per heavy atom. The highest BCUT2D eigenvalue weighted by Gasteiger charge is 2.28. The number of hydrogen-bond acceptors (Lipinski definition) is 3. The number of piperidine rings is 1. The Balaban J connectivity index is 1.91. The molecule has 1 fully saturated rings. The lowest BCUT2D eigenvalue weighted by atomic mass is 10.00. The lowest BCUT2D eigenvalue weighted by Crippen LogP contribution is -2.54. The summed E-state index contributed by atoms with van der Waals surface area (Å²) < 4.78 is 0. The maximum Gasteiger partial charge on any atom is 0.251 e. The number of amides is 2. The molecule has 0 aromatic heterocycles. The molecule has 2 N–H and O–H groups in total. The van der Waals surface area contributed by atoms with Gasteiger partial charge < -0.3 is 15.5 Å². The van der Waals surface area contributed by atoms with Crippen molar-refractivity contribution in [2.45, 2.75) is 59.0 Å². The highest BCUT2D eigenvalue weighted by molar-refractivity contribution is 5.97. The summed E-state index contributed by atoms with van der Waals surface area (Å²) in [5, 5.41) is 6.06. The Bertz CT molecular complexity index is 590. The first kappa shape index (κ1) is 20.4. The first-order valence-electron chi connectivity index (χ1n) is 9.81. The van der Waals surface area contributed by atoms with E-state index >= 15 is 0 Å². The molecule has 0 saturated carbocycles. The van der Waals surface area contributed by atoms with Gasteiger partial charge in [0, 0.05) is 24.7 Å². The number of benzene rings is 1. The minimum absolute atomic E-state index is 0.0320. The zero-order chi connectivity index (χ0) is 19.1. The fourth-order valence-corrected chi connectivity index (χ4v) is 3.37. The monoisotopic (exact) mass is 359 g/mol. The van der Waals surface area contributed by atoms with E-state index in [1.807, 2.05) is 32.9 Å². The summed E-state index contributed by atoms with van der Waals surface area (Å²) in [6, 6.07) is 7.09. The van der Waals surface area contributed by atoms with Crippen molar-refractivity contribution in [3.05, 3.63) is 35.4 Å². The van der Waals surface area contributed by atoms with Crippen LogP contribution in [0.5, 0.6) is 0 Å². The number of carbonyl (C=O) groups excluding carboxylic acids is 2. The van der Waals surface area contributed by atoms with Gasteiger partial charge in [0.05, 0.1) is 0 Å². The molecule has 0 bridgehead atoms. The van der Waals surface area contributed by atoms with Crippen LogP contribution in [0.2, 0.25) is 0 Å². The van der Waals surface area contributed by atoms with Gasteiger partial charge in [-0.15, -0.1) is 0 Å². The Kier molecular flexibility index (Phi) is 7.64. The van der Waals surface area contributed by atoms with Gasteiger partial charge in [0.2, 0.25) is 5.91 Å². The topological polar surface area (TPSA) is 61.4 Å². The minimum Gasteiger partial charge on any atom is -0.351 e. The fraction of sp³-hybridized carbons (Fsp3) is 0.619. The number of carbonyl (C=O) groups is 2. The molecule has 2 rings (SSSR count). The van der Waals surface area contributed by atoms with Gasteiger partial charge >= 0.3 is 0 Å². The summed E-state index contributed by atoms with van der Waals surface area (Å²) in [7, 11) is 0. The summed E-state index contributed by atoms with van der Waals surface area (Å²) in [5.74, 6) is -0.240. The lowest BCUT2D eigenvalue weighted by molar-refractivity contribution is -0.125. The highest BCUT2D eigenvalue weighted by Crippen LogP contribution is 2.12. The van der Waals surface area contributed by atoms with Crippen LogP contribution in [0.3, 0.4) is 0 Å². The third-order valence-corrected chi connectivity index (χ3v) is 5.02. The van der Waals surface area contributed by atoms with Crippen LogP contribution in [0, 0.1) is 12.8 Å². The van der Waals surface area contributed by atoms with Crippen molar-refractivity contribution in [1.29, 1.82) is 0 Å². The second kappa shape index (κ2) is 9.72. The molecule has 1 saturated heterocycles. The Morgan fingerprint density at radius 3 is 2.31 bits per heavy atom. The molecule has 26 heavy (non-hydrogen) atoms. The summed E-state index contributed by atoms with van der Waals surface area (Å²) in [4.78, 5) is 27.7. The van der Waals surface area contributed by atoms with E-state index in [2.05, 4.69) is 22.5 Å². The molecule has 5 heteroatoms. The van der Waals surface area contributed by atoms with Crippen LogP contribution in [0.1, 0.15) is 56.0 Å². The molecule has 1 atom stereocenters. The second-order valence-electron chi connectivity index (χ2n) is 7.69. The van der Waals surface area contributed by atoms with Crippen LogP contribution in [0.25, 0.3) is 0 Å². The summed E-state index contributed by atoms with van der Waals surface area (Å²) in [5.41, 5.74) is 1.69. The molecule has 144 valence electrons. The lowest BCUT2D eigenvalue weighted by Gasteiger charge is -2.33. The molecule has 5 nitrogen and oxygen atoms in total. The first-order valence-corrected chi connectivity index (χ1v) is 9.81. The first-order chi connectivity index (χ1) is 12.4. The van der Waals surface area contributed by atoms with E-state index in [0.29, 0.717) is 5.56 Å². The maximum absolute atomic E-state index is 12.7. The van der Waals surface area contributed by atoms with E-state index in [1.165, 1.54) is 0 Å². The SMILES string of the molecule is CCCN1CCC(NC(=O)C(NC(=O)c2ccc(C)cc2)C(C)C)CC1. The predicted octanol–water partition coefficient (Wildman–Crippen LogP) is 2.74. The number of nitrogens with zero attached hydrogens (tertiary/aromatic N) is 1. The fourth-order valence-electron chi connectivity index (χ4n) is 3.37. The normalized spacial score (nSPS) is 17.1. The Morgan fingerprint density at radius 2 is 1.77 bits per heavy atom. The zero-order valence-corrected chi connectivity index (χ0v) is 16.5. The predicted molar refractivity (Wildman–Crippen MR) is 105 cm³/mol. The van der Waals surface area contributed by atoms with Crippen molar-refractivity contribution in [2.24, 2.45) is 5.92 Å². The number of likely N-dealkylation sites (tertiary alicyclic amines) is 1. The van der Waals surface area contributed by atoms with Crippen LogP contribution in [0.4, 0.5) is 0 Å². The van der Waals surface area contributed by atoms with Gasteiger partial charge in [-0.1, -0.05) is 38.5 Å². The van der Waals surface area contributed by atoms with Gasteiger partial charge in [0.25, 0.3) is 5.91 Å². The molecule has 1 heterocycles. The largest absolute Gasteiger partial charge is 0.351 e. The molecular formula is C21H33N3O2. The van der Waals surface area contributed by atoms with Crippen molar-refractivity contribution >= 4 is 11.8 Å². The van der Waals surface area contributed by atoms with Crippen molar-refractivity contribution in [3.8, 4) is 0 Å². The van der Waals surface area contributed by atoms with Crippen molar-refractivity contribution in [2.75, 3.05) is 19.6 Å². The second-order valence-corrected chi connectivity index (χ2v) is 7.69. The van der Waals surface area contributed by atoms with E-state index in [9.17, 15) is 9.59 Å². The molecule has 1 aliphatic heterocycles. The van der Waals surface area contributed by atoms with Gasteiger partial charge in [0.15, 0.2) is 0 Å². The quantitative estimate of drug-likeness (QED) is 0.787. The van der Waals surface area contributed by atoms with Crippen molar-refractivity contribution in [3.63, 3.8) is 0 Å². The molecule has 2 amide bonds. The van der Waals surface area contributed by atoms with E-state index < -0.39 is 6.04 Å². The van der Waals surface area contributed by atoms with E-state index in [1.54, 1.807) is 12.1 Å².